The summed E-state index contributed by atoms with van der Waals surface area (Å²) < 4.78 is 21.6. The minimum absolute atomic E-state index is 0.00596. The van der Waals surface area contributed by atoms with Crippen LogP contribution < -0.4 is 15.4 Å². The molecule has 0 radical (unpaired) electrons. The number of rotatable bonds is 6. The van der Waals surface area contributed by atoms with Crippen molar-refractivity contribution >= 4 is 29.1 Å². The van der Waals surface area contributed by atoms with Gasteiger partial charge in [-0.1, -0.05) is 47.5 Å². The summed E-state index contributed by atoms with van der Waals surface area (Å²) >= 11 is 6.11. The number of aromatic nitrogens is 3. The van der Waals surface area contributed by atoms with Crippen LogP contribution in [0.2, 0.25) is 5.02 Å². The number of nitrogens with zero attached hydrogens (tertiary/aromatic N) is 3. The number of amides is 1. The van der Waals surface area contributed by atoms with Crippen molar-refractivity contribution in [2.75, 3.05) is 10.6 Å². The van der Waals surface area contributed by atoms with Crippen molar-refractivity contribution < 1.29 is 13.9 Å². The van der Waals surface area contributed by atoms with Crippen LogP contribution in [0.4, 0.5) is 16.0 Å². The molecular weight excluding hydrogens is 493 g/mol. The molecule has 37 heavy (non-hydrogen) atoms. The van der Waals surface area contributed by atoms with E-state index in [0.29, 0.717) is 33.6 Å². The number of halogens is 2. The van der Waals surface area contributed by atoms with Gasteiger partial charge in [-0.15, -0.1) is 0 Å². The van der Waals surface area contributed by atoms with Crippen molar-refractivity contribution in [1.82, 2.24) is 14.8 Å². The molecule has 0 saturated carbocycles. The van der Waals surface area contributed by atoms with Crippen molar-refractivity contribution in [3.05, 3.63) is 111 Å². The maximum atomic E-state index is 14.1. The van der Waals surface area contributed by atoms with Crippen molar-refractivity contribution in [1.29, 1.82) is 0 Å². The third-order valence-electron chi connectivity index (χ3n) is 6.31. The molecule has 188 valence electrons. The number of ether oxygens (including phenoxy) is 1. The molecule has 0 saturated heterocycles. The molecular formula is C28H25ClFN5O2. The van der Waals surface area contributed by atoms with E-state index in [-0.39, 0.29) is 12.5 Å². The third kappa shape index (κ3) is 4.93. The van der Waals surface area contributed by atoms with Gasteiger partial charge in [0.05, 0.1) is 10.6 Å². The lowest BCUT2D eigenvalue weighted by molar-refractivity contribution is -0.113. The van der Waals surface area contributed by atoms with Crippen LogP contribution >= 0.6 is 11.6 Å². The van der Waals surface area contributed by atoms with Crippen molar-refractivity contribution in [2.45, 2.75) is 33.4 Å². The first-order valence-electron chi connectivity index (χ1n) is 11.7. The molecule has 5 rings (SSSR count). The van der Waals surface area contributed by atoms with Crippen LogP contribution in [0, 0.1) is 19.7 Å². The van der Waals surface area contributed by atoms with Crippen LogP contribution in [0.3, 0.4) is 0 Å². The maximum absolute atomic E-state index is 14.1. The van der Waals surface area contributed by atoms with E-state index in [1.807, 2.05) is 51.1 Å². The zero-order chi connectivity index (χ0) is 26.1. The third-order valence-corrected chi connectivity index (χ3v) is 6.66. The van der Waals surface area contributed by atoms with Crippen molar-refractivity contribution in [2.24, 2.45) is 0 Å². The molecule has 3 aromatic carbocycles. The number of nitrogens with one attached hydrogen (secondary N) is 2. The Kier molecular flexibility index (Phi) is 6.67. The Hall–Kier alpha value is -4.17. The molecule has 7 nitrogen and oxygen atoms in total. The molecule has 1 amide bonds. The Balaban J connectivity index is 1.42. The van der Waals surface area contributed by atoms with Crippen LogP contribution in [0.1, 0.15) is 35.2 Å². The summed E-state index contributed by atoms with van der Waals surface area (Å²) in [6.07, 6.45) is 1.45. The molecule has 0 fully saturated rings. The molecule has 2 N–H and O–H groups in total. The molecule has 4 aromatic rings. The van der Waals surface area contributed by atoms with Gasteiger partial charge < -0.3 is 15.4 Å². The summed E-state index contributed by atoms with van der Waals surface area (Å²) in [5.41, 5.74) is 5.15. The zero-order valence-corrected chi connectivity index (χ0v) is 21.3. The van der Waals surface area contributed by atoms with Gasteiger partial charge in [0.1, 0.15) is 30.5 Å². The minimum atomic E-state index is -0.514. The number of aryl methyl sites for hydroxylation is 2. The Morgan fingerprint density at radius 2 is 1.92 bits per heavy atom. The first kappa shape index (κ1) is 24.5. The number of allylic oxidation sites excluding steroid dienone is 1. The Bertz CT molecular complexity index is 1490. The van der Waals surface area contributed by atoms with Crippen molar-refractivity contribution in [3.63, 3.8) is 0 Å². The Morgan fingerprint density at radius 1 is 1.14 bits per heavy atom. The first-order valence-corrected chi connectivity index (χ1v) is 12.1. The van der Waals surface area contributed by atoms with Gasteiger partial charge in [-0.2, -0.15) is 10.1 Å². The van der Waals surface area contributed by atoms with Crippen molar-refractivity contribution in [3.8, 4) is 5.75 Å². The molecule has 0 bridgehead atoms. The quantitative estimate of drug-likeness (QED) is 0.318. The second-order valence-corrected chi connectivity index (χ2v) is 9.33. The summed E-state index contributed by atoms with van der Waals surface area (Å²) in [4.78, 5) is 17.9. The van der Waals surface area contributed by atoms with Crippen LogP contribution in [-0.2, 0) is 11.4 Å². The molecule has 2 heterocycles. The Morgan fingerprint density at radius 3 is 2.65 bits per heavy atom. The molecule has 1 aromatic heterocycles. The highest BCUT2D eigenvalue weighted by Gasteiger charge is 2.33. The molecule has 1 aliphatic rings. The molecule has 1 aliphatic heterocycles. The summed E-state index contributed by atoms with van der Waals surface area (Å²) in [5.74, 6) is 0.424. The number of fused-ring (bicyclic) bond motifs is 1. The van der Waals surface area contributed by atoms with E-state index >= 15 is 0 Å². The lowest BCUT2D eigenvalue weighted by Crippen LogP contribution is -2.31. The number of carbonyl (C=O) groups excluding carboxylic acids is 1. The van der Waals surface area contributed by atoms with Gasteiger partial charge in [0.25, 0.3) is 5.91 Å². The van der Waals surface area contributed by atoms with Crippen LogP contribution in [0.15, 0.2) is 78.3 Å². The van der Waals surface area contributed by atoms with Gasteiger partial charge in [-0.3, -0.25) is 4.79 Å². The number of hydrogen-bond acceptors (Lipinski definition) is 5. The highest BCUT2D eigenvalue weighted by Crippen LogP contribution is 2.36. The van der Waals surface area contributed by atoms with Crippen LogP contribution in [0.25, 0.3) is 0 Å². The van der Waals surface area contributed by atoms with Gasteiger partial charge in [0.15, 0.2) is 0 Å². The second kappa shape index (κ2) is 10.1. The van der Waals surface area contributed by atoms with Gasteiger partial charge >= 0.3 is 0 Å². The SMILES string of the molecule is CC1=C(C(=O)Nc2ccc(C)cc2C)[C@@H](c2ccc(OCc3c(F)cccc3Cl)cc2)n2ncnc2N1. The van der Waals surface area contributed by atoms with E-state index < -0.39 is 11.9 Å². The maximum Gasteiger partial charge on any atom is 0.255 e. The van der Waals surface area contributed by atoms with E-state index in [1.54, 1.807) is 28.9 Å². The predicted molar refractivity (Wildman–Crippen MR) is 141 cm³/mol. The van der Waals surface area contributed by atoms with E-state index in [0.717, 1.165) is 22.4 Å². The number of anilines is 2. The summed E-state index contributed by atoms with van der Waals surface area (Å²) in [5, 5.41) is 10.9. The fourth-order valence-corrected chi connectivity index (χ4v) is 4.63. The zero-order valence-electron chi connectivity index (χ0n) is 20.5. The van der Waals surface area contributed by atoms with Crippen LogP contribution in [0.5, 0.6) is 5.75 Å². The summed E-state index contributed by atoms with van der Waals surface area (Å²) in [6, 6.07) is 17.2. The molecule has 1 atom stereocenters. The first-order chi connectivity index (χ1) is 17.8. The average Bonchev–Trinajstić information content (AvgIpc) is 3.33. The minimum Gasteiger partial charge on any atom is -0.489 e. The lowest BCUT2D eigenvalue weighted by atomic mass is 9.94. The lowest BCUT2D eigenvalue weighted by Gasteiger charge is -2.29. The molecule has 9 heteroatoms. The fraction of sp³-hybridized carbons (Fsp3) is 0.179. The normalized spacial score (nSPS) is 14.7. The summed E-state index contributed by atoms with van der Waals surface area (Å²) in [6.45, 7) is 5.81. The smallest absolute Gasteiger partial charge is 0.255 e. The average molecular weight is 518 g/mol. The predicted octanol–water partition coefficient (Wildman–Crippen LogP) is 6.19. The standard InChI is InChI=1S/C28H25ClFN5O2/c1-16-7-12-24(17(2)13-16)34-27(36)25-18(3)33-28-31-15-32-35(28)26(25)19-8-10-20(11-9-19)37-14-21-22(29)5-4-6-23(21)30/h4-13,15,26H,14H2,1-3H3,(H,34,36)(H,31,32,33)/t26-/m1/s1. The van der Waals surface area contributed by atoms with Gasteiger partial charge in [0, 0.05) is 16.9 Å². The highest BCUT2D eigenvalue weighted by atomic mass is 35.5. The topological polar surface area (TPSA) is 81.1 Å². The highest BCUT2D eigenvalue weighted by molar-refractivity contribution is 6.31. The van der Waals surface area contributed by atoms with E-state index in [2.05, 4.69) is 20.7 Å². The largest absolute Gasteiger partial charge is 0.489 e. The fourth-order valence-electron chi connectivity index (χ4n) is 4.41. The van der Waals surface area contributed by atoms with E-state index in [9.17, 15) is 9.18 Å². The second-order valence-electron chi connectivity index (χ2n) is 8.92. The number of carbonyl (C=O) groups is 1. The number of hydrogen-bond donors (Lipinski definition) is 2. The monoisotopic (exact) mass is 517 g/mol. The number of benzene rings is 3. The van der Waals surface area contributed by atoms with Gasteiger partial charge in [-0.25, -0.2) is 9.07 Å². The molecule has 0 spiro atoms. The van der Waals surface area contributed by atoms with Gasteiger partial charge in [-0.05, 0) is 62.2 Å². The van der Waals surface area contributed by atoms with Crippen LogP contribution in [-0.4, -0.2) is 20.7 Å². The molecule has 0 aliphatic carbocycles. The van der Waals surface area contributed by atoms with E-state index in [4.69, 9.17) is 16.3 Å². The van der Waals surface area contributed by atoms with Gasteiger partial charge in [0.2, 0.25) is 5.95 Å². The summed E-state index contributed by atoms with van der Waals surface area (Å²) in [7, 11) is 0. The molecule has 0 unspecified atom stereocenters. The van der Waals surface area contributed by atoms with E-state index in [1.165, 1.54) is 12.4 Å². The Labute approximate surface area is 218 Å².